The molecular weight excluding hydrogens is 931 g/mol. The van der Waals surface area contributed by atoms with Gasteiger partial charge < -0.3 is 9.13 Å². The molecule has 0 fully saturated rings. The fraction of sp³-hybridized carbons (Fsp3) is 0. The summed E-state index contributed by atoms with van der Waals surface area (Å²) in [5.74, 6) is 1.57. The van der Waals surface area contributed by atoms with E-state index in [0.29, 0.717) is 39.7 Å². The lowest BCUT2D eigenvalue weighted by molar-refractivity contribution is 1.06. The van der Waals surface area contributed by atoms with E-state index in [1.807, 2.05) is 103 Å². The minimum Gasteiger partial charge on any atom is -0.309 e. The van der Waals surface area contributed by atoms with Crippen LogP contribution in [0.5, 0.6) is 0 Å². The van der Waals surface area contributed by atoms with Gasteiger partial charge in [0.1, 0.15) is 0 Å². The summed E-state index contributed by atoms with van der Waals surface area (Å²) in [4.78, 5) is 15.7. The predicted octanol–water partition coefficient (Wildman–Crippen LogP) is 15.6. The third-order valence-corrected chi connectivity index (χ3v) is 14.1. The van der Waals surface area contributed by atoms with Crippen LogP contribution in [0.1, 0.15) is 22.3 Å². The molecule has 0 N–H and O–H groups in total. The first-order valence-electron chi connectivity index (χ1n) is 24.6. The number of hydrogen-bond donors (Lipinski definition) is 0. The number of hydrogen-bond acceptors (Lipinski definition) is 7. The van der Waals surface area contributed by atoms with Gasteiger partial charge in [-0.05, 0) is 107 Å². The Hall–Kier alpha value is -11.2. The summed E-state index contributed by atoms with van der Waals surface area (Å²) in [6.45, 7) is 0. The number of nitrogens with zero attached hydrogens (tertiary/aromatic N) is 9. The second-order valence-electron chi connectivity index (χ2n) is 18.4. The third-order valence-electron chi connectivity index (χ3n) is 14.1. The molecule has 0 amide bonds. The summed E-state index contributed by atoms with van der Waals surface area (Å²) in [6.07, 6.45) is 0. The second-order valence-corrected chi connectivity index (χ2v) is 18.4. The van der Waals surface area contributed by atoms with Crippen molar-refractivity contribution in [2.75, 3.05) is 0 Å². The van der Waals surface area contributed by atoms with Gasteiger partial charge in [-0.1, -0.05) is 146 Å². The fourth-order valence-electron chi connectivity index (χ4n) is 10.6. The highest BCUT2D eigenvalue weighted by molar-refractivity contribution is 6.12. The molecule has 0 saturated heterocycles. The predicted molar refractivity (Wildman–Crippen MR) is 300 cm³/mol. The highest BCUT2D eigenvalue weighted by Crippen LogP contribution is 2.43. The summed E-state index contributed by atoms with van der Waals surface area (Å²) in [7, 11) is 0. The maximum atomic E-state index is 10.2. The molecule has 9 nitrogen and oxygen atoms in total. The molecule has 3 aromatic heterocycles. The molecule has 13 aromatic rings. The number of aromatic nitrogens is 5. The van der Waals surface area contributed by atoms with Crippen LogP contribution in [0.25, 0.3) is 123 Å². The van der Waals surface area contributed by atoms with E-state index < -0.39 is 0 Å². The van der Waals surface area contributed by atoms with Crippen molar-refractivity contribution in [3.05, 3.63) is 247 Å². The molecule has 0 saturated carbocycles. The van der Waals surface area contributed by atoms with Gasteiger partial charge >= 0.3 is 0 Å². The zero-order chi connectivity index (χ0) is 51.3. The van der Waals surface area contributed by atoms with Gasteiger partial charge in [0.15, 0.2) is 17.5 Å². The van der Waals surface area contributed by atoms with E-state index in [4.69, 9.17) is 15.0 Å². The highest BCUT2D eigenvalue weighted by atomic mass is 15.1. The Kier molecular flexibility index (Phi) is 10.8. The fourth-order valence-corrected chi connectivity index (χ4v) is 10.6. The molecule has 0 aliphatic rings. The van der Waals surface area contributed by atoms with Gasteiger partial charge in [-0.25, -0.2) is 15.0 Å². The van der Waals surface area contributed by atoms with Gasteiger partial charge in [0.25, 0.3) is 0 Å². The Morgan fingerprint density at radius 2 is 0.697 bits per heavy atom. The van der Waals surface area contributed by atoms with Crippen molar-refractivity contribution in [3.63, 3.8) is 0 Å². The molecule has 76 heavy (non-hydrogen) atoms. The van der Waals surface area contributed by atoms with E-state index in [9.17, 15) is 21.0 Å². The van der Waals surface area contributed by atoms with Crippen LogP contribution in [0.15, 0.2) is 224 Å². The molecule has 0 radical (unpaired) electrons. The first-order valence-corrected chi connectivity index (χ1v) is 24.6. The highest BCUT2D eigenvalue weighted by Gasteiger charge is 2.23. The first-order chi connectivity index (χ1) is 37.5. The van der Waals surface area contributed by atoms with E-state index in [0.717, 1.165) is 105 Å². The topological polar surface area (TPSA) is 144 Å². The van der Waals surface area contributed by atoms with Gasteiger partial charge in [0.05, 0.1) is 80.0 Å². The quantitative estimate of drug-likeness (QED) is 0.147. The van der Waals surface area contributed by atoms with E-state index in [2.05, 4.69) is 130 Å². The Morgan fingerprint density at radius 1 is 0.276 bits per heavy atom. The lowest BCUT2D eigenvalue weighted by Gasteiger charge is -2.18. The van der Waals surface area contributed by atoms with Crippen LogP contribution in [-0.4, -0.2) is 24.1 Å². The van der Waals surface area contributed by atoms with E-state index in [1.54, 1.807) is 24.3 Å². The molecule has 0 aliphatic heterocycles. The molecule has 13 rings (SSSR count). The Morgan fingerprint density at radius 3 is 1.21 bits per heavy atom. The molecule has 0 atom stereocenters. The number of benzene rings is 10. The van der Waals surface area contributed by atoms with Crippen LogP contribution in [0.2, 0.25) is 0 Å². The van der Waals surface area contributed by atoms with Crippen LogP contribution in [0.4, 0.5) is 0 Å². The molecule has 10 aromatic carbocycles. The van der Waals surface area contributed by atoms with Crippen molar-refractivity contribution in [2.24, 2.45) is 0 Å². The second kappa shape index (κ2) is 18.4. The summed E-state index contributed by atoms with van der Waals surface area (Å²) < 4.78 is 4.58. The number of fused-ring (bicyclic) bond motifs is 6. The molecule has 0 spiro atoms. The zero-order valence-corrected chi connectivity index (χ0v) is 40.4. The van der Waals surface area contributed by atoms with Crippen LogP contribution < -0.4 is 0 Å². The van der Waals surface area contributed by atoms with Crippen molar-refractivity contribution in [1.29, 1.82) is 21.0 Å². The van der Waals surface area contributed by atoms with E-state index >= 15 is 0 Å². The maximum Gasteiger partial charge on any atom is 0.166 e. The summed E-state index contributed by atoms with van der Waals surface area (Å²) in [5.41, 5.74) is 15.1. The van der Waals surface area contributed by atoms with Crippen molar-refractivity contribution in [3.8, 4) is 103 Å². The van der Waals surface area contributed by atoms with Crippen molar-refractivity contribution >= 4 is 43.6 Å². The van der Waals surface area contributed by atoms with Crippen LogP contribution in [-0.2, 0) is 0 Å². The average Bonchev–Trinajstić information content (AvgIpc) is 4.03. The maximum absolute atomic E-state index is 10.2. The Balaban J connectivity index is 1.06. The Labute approximate surface area is 436 Å². The summed E-state index contributed by atoms with van der Waals surface area (Å²) in [6, 6.07) is 83.6. The zero-order valence-electron chi connectivity index (χ0n) is 40.4. The van der Waals surface area contributed by atoms with E-state index in [-0.39, 0.29) is 0 Å². The van der Waals surface area contributed by atoms with Gasteiger partial charge in [-0.3, -0.25) is 0 Å². The van der Waals surface area contributed by atoms with Gasteiger partial charge in [0.2, 0.25) is 0 Å². The number of rotatable bonds is 8. The van der Waals surface area contributed by atoms with Crippen molar-refractivity contribution in [2.45, 2.75) is 0 Å². The molecule has 3 heterocycles. The smallest absolute Gasteiger partial charge is 0.166 e. The molecule has 0 unspecified atom stereocenters. The standard InChI is InChI=1S/C67H37N9/c68-38-42-23-28-51(49(33-42)40-70)46-25-30-62-56(35-46)54-18-8-11-21-60(54)75(62)59-20-10-7-17-53(59)48-27-32-64(58(37-48)67-73-65(44-13-3-1-4-14-44)72-66(74-67)45-15-5-2-6-16-45)76-61-22-12-9-19-55(61)57-36-47(26-31-63(57)76)52-29-24-43(39-69)34-50(52)41-71/h1-37H. The van der Waals surface area contributed by atoms with Gasteiger partial charge in [0, 0.05) is 43.8 Å². The van der Waals surface area contributed by atoms with Crippen LogP contribution in [0.3, 0.4) is 0 Å². The first kappa shape index (κ1) is 44.7. The summed E-state index contributed by atoms with van der Waals surface area (Å²) >= 11 is 0. The van der Waals surface area contributed by atoms with Gasteiger partial charge in [-0.15, -0.1) is 0 Å². The van der Waals surface area contributed by atoms with Crippen molar-refractivity contribution < 1.29 is 0 Å². The number of para-hydroxylation sites is 3. The lowest BCUT2D eigenvalue weighted by Crippen LogP contribution is -2.04. The Bertz CT molecular complexity index is 4630. The van der Waals surface area contributed by atoms with Crippen LogP contribution in [0, 0.1) is 45.3 Å². The average molecular weight is 968 g/mol. The van der Waals surface area contributed by atoms with Gasteiger partial charge in [-0.2, -0.15) is 21.0 Å². The molecule has 9 heteroatoms. The largest absolute Gasteiger partial charge is 0.309 e. The molecule has 0 aliphatic carbocycles. The summed E-state index contributed by atoms with van der Waals surface area (Å²) in [5, 5.41) is 43.7. The lowest BCUT2D eigenvalue weighted by atomic mass is 9.97. The van der Waals surface area contributed by atoms with E-state index in [1.165, 1.54) is 0 Å². The SMILES string of the molecule is N#Cc1ccc(-c2ccc3c(c2)c2ccccc2n3-c2ccccc2-c2ccc(-n3c4ccccc4c4cc(-c5ccc(C#N)cc5C#N)ccc43)c(-c3nc(-c4ccccc4)nc(-c4ccccc4)n3)c2)c(C#N)c1. The normalized spacial score (nSPS) is 11.1. The number of nitriles is 4. The molecular formula is C67H37N9. The van der Waals surface area contributed by atoms with Crippen molar-refractivity contribution in [1.82, 2.24) is 24.1 Å². The monoisotopic (exact) mass is 967 g/mol. The third kappa shape index (κ3) is 7.49. The minimum atomic E-state index is 0.432. The van der Waals surface area contributed by atoms with Crippen LogP contribution >= 0.6 is 0 Å². The molecule has 350 valence electrons. The molecule has 0 bridgehead atoms. The minimum absolute atomic E-state index is 0.432.